The van der Waals surface area contributed by atoms with Gasteiger partial charge in [0, 0.05) is 12.6 Å². The van der Waals surface area contributed by atoms with Crippen molar-refractivity contribution in [1.29, 1.82) is 0 Å². The van der Waals surface area contributed by atoms with Crippen LogP contribution in [0.25, 0.3) is 0 Å². The molecule has 0 aliphatic carbocycles. The summed E-state index contributed by atoms with van der Waals surface area (Å²) in [5.74, 6) is 0. The molecule has 0 heterocycles. The van der Waals surface area contributed by atoms with Crippen LogP contribution in [0.2, 0.25) is 0 Å². The van der Waals surface area contributed by atoms with Crippen LogP contribution in [0.4, 0.5) is 0 Å². The zero-order valence-corrected chi connectivity index (χ0v) is 11.8. The molecule has 1 rings (SSSR count). The maximum atomic E-state index is 5.59. The first-order chi connectivity index (χ1) is 8.58. The third-order valence-corrected chi connectivity index (χ3v) is 2.68. The quantitative estimate of drug-likeness (QED) is 0.559. The van der Waals surface area contributed by atoms with Gasteiger partial charge in [-0.2, -0.15) is 0 Å². The first kappa shape index (κ1) is 14.9. The highest BCUT2D eigenvalue weighted by Gasteiger charge is 1.97. The third kappa shape index (κ3) is 6.58. The lowest BCUT2D eigenvalue weighted by Crippen LogP contribution is -2.21. The van der Waals surface area contributed by atoms with Gasteiger partial charge in [0.05, 0.1) is 13.2 Å². The van der Waals surface area contributed by atoms with Crippen LogP contribution in [0.1, 0.15) is 38.3 Å². The molecule has 1 aromatic carbocycles. The molecule has 0 amide bonds. The number of ether oxygens (including phenoxy) is 1. The van der Waals surface area contributed by atoms with Gasteiger partial charge in [-0.25, -0.2) is 0 Å². The molecule has 100 valence electrons. The lowest BCUT2D eigenvalue weighted by molar-refractivity contribution is 0.124. The van der Waals surface area contributed by atoms with Crippen molar-refractivity contribution in [3.05, 3.63) is 47.5 Å². The number of benzene rings is 1. The first-order valence-corrected chi connectivity index (χ1v) is 6.61. The Balaban J connectivity index is 2.29. The first-order valence-electron chi connectivity index (χ1n) is 6.61. The Bertz CT molecular complexity index is 354. The average molecular weight is 247 g/mol. The minimum absolute atomic E-state index is 0.523. The Morgan fingerprint density at radius 1 is 1.22 bits per heavy atom. The fourth-order valence-corrected chi connectivity index (χ4v) is 1.51. The molecule has 0 radical (unpaired) electrons. The predicted octanol–water partition coefficient (Wildman–Crippen LogP) is 3.67. The van der Waals surface area contributed by atoms with Gasteiger partial charge >= 0.3 is 0 Å². The molecule has 0 atom stereocenters. The van der Waals surface area contributed by atoms with Crippen molar-refractivity contribution in [1.82, 2.24) is 5.32 Å². The highest BCUT2D eigenvalue weighted by molar-refractivity contribution is 5.21. The molecule has 0 saturated heterocycles. The van der Waals surface area contributed by atoms with Crippen LogP contribution in [0.3, 0.4) is 0 Å². The van der Waals surface area contributed by atoms with E-state index < -0.39 is 0 Å². The van der Waals surface area contributed by atoms with Gasteiger partial charge < -0.3 is 10.1 Å². The molecule has 0 aliphatic rings. The second-order valence-electron chi connectivity index (χ2n) is 5.11. The highest BCUT2D eigenvalue weighted by Crippen LogP contribution is 2.07. The van der Waals surface area contributed by atoms with Gasteiger partial charge in [0.25, 0.3) is 0 Å². The molecule has 1 aromatic rings. The molecule has 0 saturated carbocycles. The highest BCUT2D eigenvalue weighted by atomic mass is 16.5. The van der Waals surface area contributed by atoms with Crippen molar-refractivity contribution in [3.63, 3.8) is 0 Å². The van der Waals surface area contributed by atoms with Gasteiger partial charge in [-0.15, -0.1) is 6.58 Å². The van der Waals surface area contributed by atoms with Crippen LogP contribution >= 0.6 is 0 Å². The molecule has 2 heteroatoms. The van der Waals surface area contributed by atoms with Gasteiger partial charge in [0.2, 0.25) is 0 Å². The Hall–Kier alpha value is -1.12. The maximum Gasteiger partial charge on any atom is 0.0717 e. The molecule has 1 N–H and O–H groups in total. The zero-order chi connectivity index (χ0) is 13.4. The smallest absolute Gasteiger partial charge is 0.0717 e. The largest absolute Gasteiger partial charge is 0.376 e. The summed E-state index contributed by atoms with van der Waals surface area (Å²) < 4.78 is 5.59. The predicted molar refractivity (Wildman–Crippen MR) is 77.5 cm³/mol. The van der Waals surface area contributed by atoms with Crippen molar-refractivity contribution in [2.45, 2.75) is 46.4 Å². The minimum Gasteiger partial charge on any atom is -0.376 e. The molecule has 0 unspecified atom stereocenters. The second-order valence-corrected chi connectivity index (χ2v) is 5.11. The maximum absolute atomic E-state index is 5.59. The van der Waals surface area contributed by atoms with E-state index in [0.717, 1.165) is 19.6 Å². The third-order valence-electron chi connectivity index (χ3n) is 2.68. The number of rotatable bonds is 8. The van der Waals surface area contributed by atoms with Crippen molar-refractivity contribution < 1.29 is 4.74 Å². The van der Waals surface area contributed by atoms with E-state index in [1.807, 2.05) is 6.92 Å². The van der Waals surface area contributed by atoms with Gasteiger partial charge in [-0.05, 0) is 24.5 Å². The van der Waals surface area contributed by atoms with E-state index in [1.165, 1.54) is 16.7 Å². The molecule has 18 heavy (non-hydrogen) atoms. The van der Waals surface area contributed by atoms with Crippen LogP contribution < -0.4 is 5.32 Å². The van der Waals surface area contributed by atoms with Gasteiger partial charge in [0.15, 0.2) is 0 Å². The fraction of sp³-hybridized carbons (Fsp3) is 0.500. The Morgan fingerprint density at radius 3 is 2.39 bits per heavy atom. The summed E-state index contributed by atoms with van der Waals surface area (Å²) in [6, 6.07) is 9.12. The van der Waals surface area contributed by atoms with Crippen molar-refractivity contribution in [2.75, 3.05) is 6.61 Å². The number of hydrogen-bond donors (Lipinski definition) is 1. The van der Waals surface area contributed by atoms with E-state index in [0.29, 0.717) is 12.6 Å². The molecule has 2 nitrogen and oxygen atoms in total. The number of nitrogens with one attached hydrogen (secondary N) is 1. The van der Waals surface area contributed by atoms with Crippen molar-refractivity contribution >= 4 is 0 Å². The molecule has 0 aliphatic heterocycles. The van der Waals surface area contributed by atoms with E-state index in [2.05, 4.69) is 50.0 Å². The standard InChI is InChI=1S/C16H25NO/c1-13(2)9-10-18-12-16-7-5-15(6-8-16)11-17-14(3)4/h5-8,14,17H,1,9-12H2,2-4H3. The van der Waals surface area contributed by atoms with E-state index in [4.69, 9.17) is 4.74 Å². The normalized spacial score (nSPS) is 10.9. The van der Waals surface area contributed by atoms with Crippen LogP contribution in [0.15, 0.2) is 36.4 Å². The Morgan fingerprint density at radius 2 is 1.83 bits per heavy atom. The molecule has 0 bridgehead atoms. The number of hydrogen-bond acceptors (Lipinski definition) is 2. The van der Waals surface area contributed by atoms with E-state index in [9.17, 15) is 0 Å². The summed E-state index contributed by atoms with van der Waals surface area (Å²) >= 11 is 0. The summed E-state index contributed by atoms with van der Waals surface area (Å²) in [6.07, 6.45) is 0.941. The molecular weight excluding hydrogens is 222 g/mol. The van der Waals surface area contributed by atoms with E-state index >= 15 is 0 Å². The summed E-state index contributed by atoms with van der Waals surface area (Å²) in [6.45, 7) is 12.6. The second kappa shape index (κ2) is 8.06. The SMILES string of the molecule is C=C(C)CCOCc1ccc(CNC(C)C)cc1. The molecular formula is C16H25NO. The fourth-order valence-electron chi connectivity index (χ4n) is 1.51. The lowest BCUT2D eigenvalue weighted by Gasteiger charge is -2.09. The van der Waals surface area contributed by atoms with Crippen molar-refractivity contribution in [2.24, 2.45) is 0 Å². The monoisotopic (exact) mass is 247 g/mol. The van der Waals surface area contributed by atoms with E-state index in [1.54, 1.807) is 0 Å². The zero-order valence-electron chi connectivity index (χ0n) is 11.8. The Kier molecular flexibility index (Phi) is 6.69. The average Bonchev–Trinajstić information content (AvgIpc) is 2.33. The van der Waals surface area contributed by atoms with Crippen LogP contribution in [-0.2, 0) is 17.9 Å². The molecule has 0 fully saturated rings. The van der Waals surface area contributed by atoms with Crippen LogP contribution in [-0.4, -0.2) is 12.6 Å². The topological polar surface area (TPSA) is 21.3 Å². The Labute approximate surface area is 111 Å². The van der Waals surface area contributed by atoms with Crippen LogP contribution in [0, 0.1) is 0 Å². The van der Waals surface area contributed by atoms with E-state index in [-0.39, 0.29) is 0 Å². The van der Waals surface area contributed by atoms with Gasteiger partial charge in [-0.1, -0.05) is 43.7 Å². The van der Waals surface area contributed by atoms with Crippen molar-refractivity contribution in [3.8, 4) is 0 Å². The summed E-state index contributed by atoms with van der Waals surface area (Å²) in [5, 5.41) is 3.41. The summed E-state index contributed by atoms with van der Waals surface area (Å²) in [7, 11) is 0. The summed E-state index contributed by atoms with van der Waals surface area (Å²) in [4.78, 5) is 0. The van der Waals surface area contributed by atoms with Gasteiger partial charge in [-0.3, -0.25) is 0 Å². The summed E-state index contributed by atoms with van der Waals surface area (Å²) in [5.41, 5.74) is 3.71. The molecule has 0 spiro atoms. The van der Waals surface area contributed by atoms with Gasteiger partial charge in [0.1, 0.15) is 0 Å². The lowest BCUT2D eigenvalue weighted by atomic mass is 10.1. The van der Waals surface area contributed by atoms with Crippen LogP contribution in [0.5, 0.6) is 0 Å². The molecule has 0 aromatic heterocycles. The minimum atomic E-state index is 0.523.